The summed E-state index contributed by atoms with van der Waals surface area (Å²) in [5.74, 6) is 0. The van der Waals surface area contributed by atoms with Crippen LogP contribution in [-0.2, 0) is 0 Å². The Balaban J connectivity index is 0.000000222. The Hall–Kier alpha value is 0.180. The molecule has 0 atom stereocenters. The number of rotatable bonds is 0. The number of thiophene rings is 1. The molecule has 0 radical (unpaired) electrons. The fraction of sp³-hybridized carbons (Fsp3) is 0.333. The lowest BCUT2D eigenvalue weighted by atomic mass is 10.7. The number of halogens is 1. The molecular formula is C6H9BrS. The van der Waals surface area contributed by atoms with E-state index >= 15 is 0 Å². The minimum atomic E-state index is 1.20. The third-order valence-electron chi connectivity index (χ3n) is 0.486. The highest BCUT2D eigenvalue weighted by molar-refractivity contribution is 9.11. The molecule has 0 saturated heterocycles. The maximum Gasteiger partial charge on any atom is 0.0698 e. The van der Waals surface area contributed by atoms with Gasteiger partial charge in [-0.2, -0.15) is 0 Å². The summed E-state index contributed by atoms with van der Waals surface area (Å²) in [4.78, 5) is 0. The van der Waals surface area contributed by atoms with E-state index in [0.717, 1.165) is 0 Å². The van der Waals surface area contributed by atoms with E-state index in [-0.39, 0.29) is 0 Å². The van der Waals surface area contributed by atoms with Gasteiger partial charge in [0.1, 0.15) is 0 Å². The largest absolute Gasteiger partial charge is 0.137 e. The standard InChI is InChI=1S/C4H3BrS.C2H6/c5-4-2-1-3-6-4;1-2/h1-3H;1-2H3. The van der Waals surface area contributed by atoms with E-state index in [4.69, 9.17) is 0 Å². The van der Waals surface area contributed by atoms with E-state index in [0.29, 0.717) is 0 Å². The number of hydrogen-bond donors (Lipinski definition) is 0. The molecule has 0 N–H and O–H groups in total. The van der Waals surface area contributed by atoms with Gasteiger partial charge in [-0.1, -0.05) is 19.9 Å². The molecule has 8 heavy (non-hydrogen) atoms. The van der Waals surface area contributed by atoms with Crippen molar-refractivity contribution in [1.29, 1.82) is 0 Å². The Morgan fingerprint density at radius 1 is 1.50 bits per heavy atom. The van der Waals surface area contributed by atoms with E-state index in [1.54, 1.807) is 11.3 Å². The summed E-state index contributed by atoms with van der Waals surface area (Å²) in [6.07, 6.45) is 0. The van der Waals surface area contributed by atoms with Crippen molar-refractivity contribution in [2.75, 3.05) is 0 Å². The maximum absolute atomic E-state index is 3.30. The third-order valence-corrected chi connectivity index (χ3v) is 1.97. The first-order valence-electron chi connectivity index (χ1n) is 2.58. The second kappa shape index (κ2) is 5.32. The van der Waals surface area contributed by atoms with Crippen molar-refractivity contribution in [2.45, 2.75) is 13.8 Å². The molecule has 1 aromatic rings. The van der Waals surface area contributed by atoms with Crippen LogP contribution < -0.4 is 0 Å². The molecular weight excluding hydrogens is 184 g/mol. The van der Waals surface area contributed by atoms with Crippen molar-refractivity contribution < 1.29 is 0 Å². The van der Waals surface area contributed by atoms with Crippen molar-refractivity contribution >= 4 is 27.3 Å². The van der Waals surface area contributed by atoms with Gasteiger partial charge in [0.2, 0.25) is 0 Å². The van der Waals surface area contributed by atoms with Crippen LogP contribution >= 0.6 is 27.3 Å². The predicted molar refractivity (Wildman–Crippen MR) is 43.4 cm³/mol. The highest BCUT2D eigenvalue weighted by Gasteiger charge is 1.77. The van der Waals surface area contributed by atoms with Gasteiger partial charge < -0.3 is 0 Å². The maximum atomic E-state index is 3.30. The van der Waals surface area contributed by atoms with E-state index in [9.17, 15) is 0 Å². The van der Waals surface area contributed by atoms with Crippen LogP contribution in [0.2, 0.25) is 0 Å². The lowest BCUT2D eigenvalue weighted by molar-refractivity contribution is 1.50. The molecule has 0 amide bonds. The minimum absolute atomic E-state index is 1.20. The first-order valence-corrected chi connectivity index (χ1v) is 4.26. The molecule has 0 aromatic carbocycles. The van der Waals surface area contributed by atoms with Crippen molar-refractivity contribution in [1.82, 2.24) is 0 Å². The summed E-state index contributed by atoms with van der Waals surface area (Å²) in [7, 11) is 0. The van der Waals surface area contributed by atoms with Crippen LogP contribution in [0, 0.1) is 0 Å². The summed E-state index contributed by atoms with van der Waals surface area (Å²) >= 11 is 4.99. The molecule has 2 heteroatoms. The molecule has 1 aromatic heterocycles. The lowest BCUT2D eigenvalue weighted by Gasteiger charge is -1.62. The normalized spacial score (nSPS) is 7.38. The fourth-order valence-electron chi connectivity index (χ4n) is 0.259. The molecule has 0 saturated carbocycles. The van der Waals surface area contributed by atoms with E-state index in [2.05, 4.69) is 15.9 Å². The van der Waals surface area contributed by atoms with Gasteiger partial charge in [0, 0.05) is 0 Å². The monoisotopic (exact) mass is 192 g/mol. The Kier molecular flexibility index (Phi) is 5.44. The van der Waals surface area contributed by atoms with Crippen molar-refractivity contribution in [2.24, 2.45) is 0 Å². The van der Waals surface area contributed by atoms with Gasteiger partial charge in [-0.05, 0) is 27.4 Å². The van der Waals surface area contributed by atoms with Crippen molar-refractivity contribution in [3.05, 3.63) is 21.3 Å². The number of hydrogen-bond acceptors (Lipinski definition) is 1. The molecule has 0 fully saturated rings. The van der Waals surface area contributed by atoms with Crippen LogP contribution in [-0.4, -0.2) is 0 Å². The van der Waals surface area contributed by atoms with Crippen LogP contribution in [0.1, 0.15) is 13.8 Å². The van der Waals surface area contributed by atoms with Crippen molar-refractivity contribution in [3.63, 3.8) is 0 Å². The molecule has 46 valence electrons. The SMILES string of the molecule is Brc1cccs1.CC. The Bertz CT molecular complexity index is 112. The highest BCUT2D eigenvalue weighted by atomic mass is 79.9. The van der Waals surface area contributed by atoms with Crippen LogP contribution in [0.4, 0.5) is 0 Å². The van der Waals surface area contributed by atoms with E-state index in [1.807, 2.05) is 31.4 Å². The molecule has 0 aliphatic heterocycles. The summed E-state index contributed by atoms with van der Waals surface area (Å²) in [6.45, 7) is 4.00. The molecule has 0 unspecified atom stereocenters. The average Bonchev–Trinajstić information content (AvgIpc) is 2.24. The predicted octanol–water partition coefficient (Wildman–Crippen LogP) is 3.54. The first kappa shape index (κ1) is 8.18. The minimum Gasteiger partial charge on any atom is -0.137 e. The molecule has 0 aliphatic carbocycles. The second-order valence-corrected chi connectivity index (χ2v) is 3.24. The Morgan fingerprint density at radius 3 is 2.25 bits per heavy atom. The zero-order valence-electron chi connectivity index (χ0n) is 5.02. The molecule has 0 bridgehead atoms. The molecule has 0 aliphatic rings. The Morgan fingerprint density at radius 2 is 2.12 bits per heavy atom. The zero-order valence-corrected chi connectivity index (χ0v) is 7.42. The fourth-order valence-corrected chi connectivity index (χ4v) is 1.18. The zero-order chi connectivity index (χ0) is 6.41. The quantitative estimate of drug-likeness (QED) is 0.591. The van der Waals surface area contributed by atoms with Crippen molar-refractivity contribution in [3.8, 4) is 0 Å². The van der Waals surface area contributed by atoms with Gasteiger partial charge in [0.15, 0.2) is 0 Å². The Labute approximate surface area is 62.7 Å². The van der Waals surface area contributed by atoms with Gasteiger partial charge >= 0.3 is 0 Å². The third kappa shape index (κ3) is 3.22. The van der Waals surface area contributed by atoms with Gasteiger partial charge in [0.25, 0.3) is 0 Å². The molecule has 1 rings (SSSR count). The van der Waals surface area contributed by atoms with Gasteiger partial charge in [-0.25, -0.2) is 0 Å². The van der Waals surface area contributed by atoms with Gasteiger partial charge in [0.05, 0.1) is 3.79 Å². The molecule has 0 nitrogen and oxygen atoms in total. The summed E-state index contributed by atoms with van der Waals surface area (Å²) in [6, 6.07) is 4.03. The lowest BCUT2D eigenvalue weighted by Crippen LogP contribution is -1.29. The van der Waals surface area contributed by atoms with Crippen LogP contribution in [0.3, 0.4) is 0 Å². The average molecular weight is 193 g/mol. The summed E-state index contributed by atoms with van der Waals surface area (Å²) < 4.78 is 1.20. The van der Waals surface area contributed by atoms with E-state index < -0.39 is 0 Å². The van der Waals surface area contributed by atoms with Gasteiger partial charge in [-0.3, -0.25) is 0 Å². The smallest absolute Gasteiger partial charge is 0.0698 e. The summed E-state index contributed by atoms with van der Waals surface area (Å²) in [5.41, 5.74) is 0. The van der Waals surface area contributed by atoms with Gasteiger partial charge in [-0.15, -0.1) is 11.3 Å². The van der Waals surface area contributed by atoms with Crippen LogP contribution in [0.25, 0.3) is 0 Å². The topological polar surface area (TPSA) is 0 Å². The first-order chi connectivity index (χ1) is 3.89. The van der Waals surface area contributed by atoms with Crippen LogP contribution in [0.5, 0.6) is 0 Å². The highest BCUT2D eigenvalue weighted by Crippen LogP contribution is 2.14. The van der Waals surface area contributed by atoms with E-state index in [1.165, 1.54) is 3.79 Å². The molecule has 0 spiro atoms. The van der Waals surface area contributed by atoms with Crippen LogP contribution in [0.15, 0.2) is 21.3 Å². The molecule has 1 heterocycles. The summed E-state index contributed by atoms with van der Waals surface area (Å²) in [5, 5.41) is 2.03. The second-order valence-electron chi connectivity index (χ2n) is 0.917.